The average molecular weight is 657 g/mol. The molecular weight excluding hydrogens is 632 g/mol. The highest BCUT2D eigenvalue weighted by molar-refractivity contribution is 7.47. The molecule has 3 aliphatic rings. The Morgan fingerprint density at radius 2 is 1.55 bits per heavy atom. The molecule has 236 valence electrons. The van der Waals surface area contributed by atoms with Crippen LogP contribution >= 0.6 is 15.6 Å². The van der Waals surface area contributed by atoms with Gasteiger partial charge in [-0.15, -0.1) is 0 Å². The lowest BCUT2D eigenvalue weighted by Gasteiger charge is -2.26. The third-order valence-corrected chi connectivity index (χ3v) is 9.39. The number of aromatic amines is 1. The number of nitrogens with two attached hydrogens (primary N) is 1. The lowest BCUT2D eigenvalue weighted by molar-refractivity contribution is -0.0671. The van der Waals surface area contributed by atoms with Gasteiger partial charge in [0.05, 0.1) is 36.9 Å². The molecule has 6 heterocycles. The van der Waals surface area contributed by atoms with E-state index >= 15 is 0 Å². The highest BCUT2D eigenvalue weighted by Crippen LogP contribution is 2.53. The SMILES string of the molecule is Nc1nc2c(ncn2[C@@H]2O[C@@H]3COP(=O)(O)OC4[C@@H](O)[C@@H](COP(=O)(O)OC3[C@@H]2O)O[C@H]4n2cnc3ccccc32)c(=O)[nH]1. The van der Waals surface area contributed by atoms with Gasteiger partial charge in [0.15, 0.2) is 23.6 Å². The van der Waals surface area contributed by atoms with Crippen LogP contribution in [0.5, 0.6) is 0 Å². The van der Waals surface area contributed by atoms with Gasteiger partial charge in [-0.1, -0.05) is 12.1 Å². The maximum atomic E-state index is 13.2. The maximum absolute atomic E-state index is 13.2. The smallest absolute Gasteiger partial charge is 0.387 e. The van der Waals surface area contributed by atoms with Gasteiger partial charge < -0.3 is 39.8 Å². The number of aliphatic hydroxyl groups is 2. The summed E-state index contributed by atoms with van der Waals surface area (Å²) in [4.78, 5) is 48.0. The summed E-state index contributed by atoms with van der Waals surface area (Å²) in [7, 11) is -10.1. The predicted octanol–water partition coefficient (Wildman–Crippen LogP) is -0.714. The average Bonchev–Trinajstić information content (AvgIpc) is 3.72. The summed E-state index contributed by atoms with van der Waals surface area (Å²) in [6.45, 7) is -1.55. The van der Waals surface area contributed by atoms with Crippen molar-refractivity contribution < 1.29 is 56.7 Å². The number of aromatic nitrogens is 6. The van der Waals surface area contributed by atoms with E-state index < -0.39 is 83.5 Å². The summed E-state index contributed by atoms with van der Waals surface area (Å²) < 4.78 is 61.5. The number of phosphoric acid groups is 2. The normalized spacial score (nSPS) is 38.3. The zero-order valence-electron chi connectivity index (χ0n) is 22.2. The van der Waals surface area contributed by atoms with Crippen molar-refractivity contribution in [2.24, 2.45) is 0 Å². The van der Waals surface area contributed by atoms with Gasteiger partial charge in [-0.2, -0.15) is 4.98 Å². The molecule has 4 unspecified atom stereocenters. The fourth-order valence-corrected chi connectivity index (χ4v) is 7.32. The van der Waals surface area contributed by atoms with Gasteiger partial charge in [0.25, 0.3) is 5.56 Å². The van der Waals surface area contributed by atoms with Crippen LogP contribution < -0.4 is 11.3 Å². The number of rotatable bonds is 2. The molecule has 7 N–H and O–H groups in total. The molecule has 44 heavy (non-hydrogen) atoms. The molecule has 0 aliphatic carbocycles. The topological polar surface area (TPSA) is 278 Å². The first kappa shape index (κ1) is 29.6. The first-order valence-corrected chi connectivity index (χ1v) is 16.0. The van der Waals surface area contributed by atoms with Crippen LogP contribution in [0.15, 0.2) is 41.7 Å². The predicted molar refractivity (Wildman–Crippen MR) is 143 cm³/mol. The van der Waals surface area contributed by atoms with Gasteiger partial charge in [0.2, 0.25) is 5.95 Å². The Hall–Kier alpha value is -3.10. The number of nitrogens with zero attached hydrogens (tertiary/aromatic N) is 5. The number of hydrogen-bond donors (Lipinski definition) is 6. The molecule has 3 saturated heterocycles. The number of nitrogens with one attached hydrogen (secondary N) is 1. The zero-order chi connectivity index (χ0) is 31.0. The lowest BCUT2D eigenvalue weighted by Crippen LogP contribution is -2.36. The second-order valence-electron chi connectivity index (χ2n) is 10.2. The number of para-hydroxylation sites is 2. The Bertz CT molecular complexity index is 1880. The van der Waals surface area contributed by atoms with Gasteiger partial charge in [0.1, 0.15) is 36.6 Å². The monoisotopic (exact) mass is 657 g/mol. The molecular formula is C22H25N7O13P2. The van der Waals surface area contributed by atoms with Gasteiger partial charge >= 0.3 is 15.6 Å². The number of nitrogen functional groups attached to an aromatic ring is 1. The second-order valence-corrected chi connectivity index (χ2v) is 13.0. The Labute approximate surface area is 245 Å². The molecule has 4 aromatic rings. The molecule has 7 rings (SSSR count). The lowest BCUT2D eigenvalue weighted by atomic mass is 10.1. The van der Waals surface area contributed by atoms with Crippen LogP contribution in [0.2, 0.25) is 0 Å². The van der Waals surface area contributed by atoms with E-state index in [0.29, 0.717) is 11.0 Å². The summed E-state index contributed by atoms with van der Waals surface area (Å²) in [6, 6.07) is 6.89. The van der Waals surface area contributed by atoms with Crippen molar-refractivity contribution in [3.8, 4) is 0 Å². The molecule has 3 aromatic heterocycles. The van der Waals surface area contributed by atoms with Crippen LogP contribution in [-0.2, 0) is 36.7 Å². The molecule has 2 bridgehead atoms. The van der Waals surface area contributed by atoms with Crippen LogP contribution in [0, 0.1) is 0 Å². The number of hydrogen-bond acceptors (Lipinski definition) is 15. The summed E-state index contributed by atoms with van der Waals surface area (Å²) in [5, 5.41) is 22.1. The number of aliphatic hydroxyl groups excluding tert-OH is 2. The number of imidazole rings is 2. The standard InChI is InChI=1S/C22H25N7O13P2/c23-22-26-18-13(19(32)27-22)25-8-29(18)20-15(31)16-12(40-20)6-38-44(35,36)42-17-14(30)11(5-37-43(33,34)41-16)39-21(17)28-7-24-9-3-1-2-4-10(9)28/h1-4,7-8,11-12,14-17,20-21,30-31H,5-6H2,(H,33,34)(H,35,36)(H3,23,26,27,32)/t11-,12-,14+,15+,16?,17?,20-,21-/m1/s1. The van der Waals surface area contributed by atoms with E-state index in [-0.39, 0.29) is 17.1 Å². The third-order valence-electron chi connectivity index (χ3n) is 7.42. The summed E-state index contributed by atoms with van der Waals surface area (Å²) in [5.74, 6) is -0.258. The summed E-state index contributed by atoms with van der Waals surface area (Å²) in [5.41, 5.74) is 5.83. The maximum Gasteiger partial charge on any atom is 0.472 e. The van der Waals surface area contributed by atoms with Gasteiger partial charge in [-0.25, -0.2) is 19.1 Å². The highest BCUT2D eigenvalue weighted by Gasteiger charge is 2.53. The largest absolute Gasteiger partial charge is 0.472 e. The fraction of sp³-hybridized carbons (Fsp3) is 0.455. The number of benzene rings is 1. The van der Waals surface area contributed by atoms with Crippen LogP contribution in [0.3, 0.4) is 0 Å². The number of anilines is 1. The van der Waals surface area contributed by atoms with E-state index in [9.17, 15) is 33.9 Å². The van der Waals surface area contributed by atoms with Crippen molar-refractivity contribution in [2.45, 2.75) is 49.1 Å². The summed E-state index contributed by atoms with van der Waals surface area (Å²) in [6.07, 6.45) is -9.65. The van der Waals surface area contributed by atoms with Gasteiger partial charge in [-0.3, -0.25) is 32.4 Å². The molecule has 0 amide bonds. The number of ether oxygens (including phenoxy) is 2. The van der Waals surface area contributed by atoms with Crippen molar-refractivity contribution in [3.05, 3.63) is 47.3 Å². The zero-order valence-corrected chi connectivity index (χ0v) is 24.0. The Morgan fingerprint density at radius 3 is 2.32 bits per heavy atom. The van der Waals surface area contributed by atoms with Crippen molar-refractivity contribution in [3.63, 3.8) is 0 Å². The first-order chi connectivity index (χ1) is 20.9. The highest BCUT2D eigenvalue weighted by atomic mass is 31.2. The molecule has 0 radical (unpaired) electrons. The minimum Gasteiger partial charge on any atom is -0.387 e. The molecule has 0 saturated carbocycles. The van der Waals surface area contributed by atoms with E-state index in [4.69, 9.17) is 33.3 Å². The van der Waals surface area contributed by atoms with E-state index in [1.165, 1.54) is 10.9 Å². The first-order valence-electron chi connectivity index (χ1n) is 13.0. The van der Waals surface area contributed by atoms with Crippen LogP contribution in [-0.4, -0.2) is 98.9 Å². The Morgan fingerprint density at radius 1 is 0.886 bits per heavy atom. The van der Waals surface area contributed by atoms with E-state index in [1.807, 2.05) is 0 Å². The minimum atomic E-state index is -5.03. The van der Waals surface area contributed by atoms with Crippen molar-refractivity contribution >= 4 is 43.8 Å². The van der Waals surface area contributed by atoms with Crippen molar-refractivity contribution in [2.75, 3.05) is 18.9 Å². The fourth-order valence-electron chi connectivity index (χ4n) is 5.42. The quantitative estimate of drug-likeness (QED) is 0.145. The minimum absolute atomic E-state index is 0.0922. The number of H-pyrrole nitrogens is 1. The number of fused-ring (bicyclic) bond motifs is 5. The van der Waals surface area contributed by atoms with Crippen LogP contribution in [0.4, 0.5) is 5.95 Å². The molecule has 0 spiro atoms. The molecule has 22 heteroatoms. The molecule has 3 fully saturated rings. The van der Waals surface area contributed by atoms with Crippen LogP contribution in [0.25, 0.3) is 22.2 Å². The van der Waals surface area contributed by atoms with Crippen molar-refractivity contribution in [1.29, 1.82) is 0 Å². The van der Waals surface area contributed by atoms with E-state index in [0.717, 1.165) is 10.9 Å². The Kier molecular flexibility index (Phi) is 7.24. The molecule has 20 nitrogen and oxygen atoms in total. The van der Waals surface area contributed by atoms with Gasteiger partial charge in [-0.05, 0) is 12.1 Å². The summed E-state index contributed by atoms with van der Waals surface area (Å²) >= 11 is 0. The molecule has 10 atom stereocenters. The van der Waals surface area contributed by atoms with E-state index in [2.05, 4.69) is 19.9 Å². The molecule has 1 aromatic carbocycles. The van der Waals surface area contributed by atoms with Crippen LogP contribution in [0.1, 0.15) is 12.5 Å². The van der Waals surface area contributed by atoms with E-state index in [1.54, 1.807) is 24.3 Å². The second kappa shape index (κ2) is 10.8. The Balaban J connectivity index is 1.20. The third kappa shape index (κ3) is 5.18. The van der Waals surface area contributed by atoms with Gasteiger partial charge in [0, 0.05) is 0 Å². The molecule has 3 aliphatic heterocycles. The van der Waals surface area contributed by atoms with Crippen molar-refractivity contribution in [1.82, 2.24) is 29.1 Å². The number of phosphoric ester groups is 2.